The molecule has 0 aliphatic carbocycles. The Hall–Kier alpha value is -4.02. The third kappa shape index (κ3) is 10.3. The number of ether oxygens (including phenoxy) is 3. The van der Waals surface area contributed by atoms with Crippen LogP contribution in [0, 0.1) is 32.6 Å². The minimum Gasteiger partial charge on any atom is -0.497 e. The number of rotatable bonds is 17. The Kier molecular flexibility index (Phi) is 14.0. The molecule has 0 aromatic heterocycles. The summed E-state index contributed by atoms with van der Waals surface area (Å²) in [5.74, 6) is -0.776. The van der Waals surface area contributed by atoms with Crippen molar-refractivity contribution in [2.24, 2.45) is 11.8 Å². The average Bonchev–Trinajstić information content (AvgIpc) is 3.11. The number of aliphatic hydroxyl groups is 1. The second kappa shape index (κ2) is 18.0. The summed E-state index contributed by atoms with van der Waals surface area (Å²) in [7, 11) is -2.46. The van der Waals surface area contributed by atoms with Crippen molar-refractivity contribution in [1.82, 2.24) is 4.31 Å². The Balaban J connectivity index is 1.56. The lowest BCUT2D eigenvalue weighted by Gasteiger charge is -2.35. The van der Waals surface area contributed by atoms with Gasteiger partial charge in [-0.25, -0.2) is 8.42 Å². The number of nitrogens with zero attached hydrogens (tertiary/aromatic N) is 1. The van der Waals surface area contributed by atoms with Gasteiger partial charge in [0.05, 0.1) is 42.8 Å². The number of methoxy groups -OCH3 is 1. The van der Waals surface area contributed by atoms with Crippen LogP contribution in [0.3, 0.4) is 0 Å². The SMILES string of the molecule is COc1ccc(CO[C@@H](C)[C@@H](C)C[C@@H](O)[C@@H](C)C(=O)O[C@H](c2ccccc2)[C@H](C)N(Cc2ccccc2)S(=O)(=O)c2c(C)cc(C)cc2C)cc1. The minimum atomic E-state index is -4.08. The maximum absolute atomic E-state index is 14.7. The van der Waals surface area contributed by atoms with Gasteiger partial charge in [0, 0.05) is 6.54 Å². The van der Waals surface area contributed by atoms with E-state index >= 15 is 0 Å². The van der Waals surface area contributed by atoms with Gasteiger partial charge >= 0.3 is 5.97 Å². The quantitative estimate of drug-likeness (QED) is 0.110. The molecule has 0 saturated heterocycles. The maximum Gasteiger partial charge on any atom is 0.311 e. The Labute approximate surface area is 304 Å². The standard InChI is InChI=1S/C42H53NO7S/c1-28-23-30(3)41(31(4)24-28)51(46,47)43(26-35-15-11-9-12-16-35)33(6)40(37-17-13-10-14-18-37)50-42(45)32(5)39(44)25-29(2)34(7)49-27-36-19-21-38(48-8)22-20-36/h9-24,29,32-34,39-40,44H,25-27H2,1-8H3/t29-,32+,33-,34-,39+,40-/m0/s1. The van der Waals surface area contributed by atoms with E-state index in [-0.39, 0.29) is 23.5 Å². The summed E-state index contributed by atoms with van der Waals surface area (Å²) in [5.41, 5.74) is 4.74. The maximum atomic E-state index is 14.7. The lowest BCUT2D eigenvalue weighted by atomic mass is 9.92. The third-order valence-corrected chi connectivity index (χ3v) is 11.9. The van der Waals surface area contributed by atoms with Gasteiger partial charge in [-0.05, 0) is 93.8 Å². The summed E-state index contributed by atoms with van der Waals surface area (Å²) in [6.45, 7) is 13.4. The molecular formula is C42H53NO7S. The molecule has 0 aliphatic heterocycles. The number of benzene rings is 4. The number of carbonyl (C=O) groups is 1. The molecule has 6 atom stereocenters. The molecule has 0 saturated carbocycles. The van der Waals surface area contributed by atoms with Gasteiger partial charge in [0.15, 0.2) is 0 Å². The molecule has 8 nitrogen and oxygen atoms in total. The highest BCUT2D eigenvalue weighted by atomic mass is 32.2. The lowest BCUT2D eigenvalue weighted by Crippen LogP contribution is -2.44. The third-order valence-electron chi connectivity index (χ3n) is 9.65. The molecule has 4 rings (SSSR count). The summed E-state index contributed by atoms with van der Waals surface area (Å²) in [4.78, 5) is 14.1. The molecule has 0 spiro atoms. The summed E-state index contributed by atoms with van der Waals surface area (Å²) in [5, 5.41) is 11.3. The van der Waals surface area contributed by atoms with Crippen molar-refractivity contribution >= 4 is 16.0 Å². The predicted octanol–water partition coefficient (Wildman–Crippen LogP) is 8.11. The second-order valence-electron chi connectivity index (χ2n) is 13.7. The van der Waals surface area contributed by atoms with E-state index < -0.39 is 40.2 Å². The van der Waals surface area contributed by atoms with E-state index in [0.717, 1.165) is 22.4 Å². The fourth-order valence-electron chi connectivity index (χ4n) is 6.42. The van der Waals surface area contributed by atoms with Crippen LogP contribution in [0.4, 0.5) is 0 Å². The molecule has 0 heterocycles. The Bertz CT molecular complexity index is 1790. The van der Waals surface area contributed by atoms with Crippen molar-refractivity contribution in [2.75, 3.05) is 7.11 Å². The van der Waals surface area contributed by atoms with Crippen LogP contribution in [0.1, 0.15) is 73.6 Å². The number of sulfonamides is 1. The fourth-order valence-corrected chi connectivity index (χ4v) is 8.45. The van der Waals surface area contributed by atoms with Crippen LogP contribution in [0.5, 0.6) is 5.75 Å². The van der Waals surface area contributed by atoms with Crippen LogP contribution in [0.2, 0.25) is 0 Å². The fraction of sp³-hybridized carbons (Fsp3) is 0.405. The van der Waals surface area contributed by atoms with Crippen molar-refractivity contribution in [1.29, 1.82) is 0 Å². The number of esters is 1. The minimum absolute atomic E-state index is 0.0650. The normalized spacial score (nSPS) is 15.4. The Morgan fingerprint density at radius 3 is 1.94 bits per heavy atom. The summed E-state index contributed by atoms with van der Waals surface area (Å²) < 4.78 is 48.3. The first kappa shape index (κ1) is 39.8. The van der Waals surface area contributed by atoms with Crippen LogP contribution < -0.4 is 4.74 Å². The number of hydrogen-bond acceptors (Lipinski definition) is 7. The lowest BCUT2D eigenvalue weighted by molar-refractivity contribution is -0.161. The summed E-state index contributed by atoms with van der Waals surface area (Å²) >= 11 is 0. The molecule has 1 N–H and O–H groups in total. The topological polar surface area (TPSA) is 102 Å². The van der Waals surface area contributed by atoms with E-state index in [1.54, 1.807) is 21.0 Å². The second-order valence-corrected chi connectivity index (χ2v) is 15.5. The molecule has 4 aromatic rings. The van der Waals surface area contributed by atoms with Gasteiger partial charge in [0.2, 0.25) is 10.0 Å². The Morgan fingerprint density at radius 1 is 0.804 bits per heavy atom. The summed E-state index contributed by atoms with van der Waals surface area (Å²) in [6.07, 6.45) is -1.84. The first-order chi connectivity index (χ1) is 24.2. The van der Waals surface area contributed by atoms with E-state index in [1.165, 1.54) is 4.31 Å². The predicted molar refractivity (Wildman–Crippen MR) is 201 cm³/mol. The zero-order valence-corrected chi connectivity index (χ0v) is 31.9. The van der Waals surface area contributed by atoms with Crippen LogP contribution >= 0.6 is 0 Å². The molecule has 0 bridgehead atoms. The van der Waals surface area contributed by atoms with Gasteiger partial charge in [-0.2, -0.15) is 4.31 Å². The van der Waals surface area contributed by atoms with E-state index in [0.29, 0.717) is 29.7 Å². The first-order valence-corrected chi connectivity index (χ1v) is 19.0. The summed E-state index contributed by atoms with van der Waals surface area (Å²) in [6, 6.07) is 29.2. The van der Waals surface area contributed by atoms with Crippen LogP contribution in [0.25, 0.3) is 0 Å². The van der Waals surface area contributed by atoms with Gasteiger partial charge in [0.1, 0.15) is 11.9 Å². The first-order valence-electron chi connectivity index (χ1n) is 17.5. The monoisotopic (exact) mass is 715 g/mol. The zero-order valence-electron chi connectivity index (χ0n) is 31.1. The molecule has 274 valence electrons. The van der Waals surface area contributed by atoms with Gasteiger partial charge < -0.3 is 19.3 Å². The van der Waals surface area contributed by atoms with Gasteiger partial charge in [-0.15, -0.1) is 0 Å². The molecule has 0 aliphatic rings. The largest absolute Gasteiger partial charge is 0.497 e. The number of hydrogen-bond donors (Lipinski definition) is 1. The molecule has 51 heavy (non-hydrogen) atoms. The molecule has 0 unspecified atom stereocenters. The molecule has 0 fully saturated rings. The molecule has 0 radical (unpaired) electrons. The van der Waals surface area contributed by atoms with Gasteiger partial charge in [-0.3, -0.25) is 4.79 Å². The van der Waals surface area contributed by atoms with E-state index in [4.69, 9.17) is 14.2 Å². The van der Waals surface area contributed by atoms with Crippen LogP contribution in [-0.4, -0.2) is 49.2 Å². The highest BCUT2D eigenvalue weighted by Crippen LogP contribution is 2.34. The number of aryl methyl sites for hydroxylation is 3. The highest BCUT2D eigenvalue weighted by molar-refractivity contribution is 7.89. The van der Waals surface area contributed by atoms with Crippen molar-refractivity contribution in [2.45, 2.75) is 97.3 Å². The smallest absolute Gasteiger partial charge is 0.311 e. The molecular weight excluding hydrogens is 663 g/mol. The van der Waals surface area contributed by atoms with Gasteiger partial charge in [-0.1, -0.05) is 97.4 Å². The van der Waals surface area contributed by atoms with Crippen molar-refractivity contribution in [3.05, 3.63) is 130 Å². The average molecular weight is 716 g/mol. The van der Waals surface area contributed by atoms with E-state index in [2.05, 4.69) is 0 Å². The van der Waals surface area contributed by atoms with Gasteiger partial charge in [0.25, 0.3) is 0 Å². The molecule has 0 amide bonds. The molecule has 9 heteroatoms. The highest BCUT2D eigenvalue weighted by Gasteiger charge is 2.39. The van der Waals surface area contributed by atoms with E-state index in [9.17, 15) is 18.3 Å². The zero-order chi connectivity index (χ0) is 37.3. The number of carbonyl (C=O) groups excluding carboxylic acids is 1. The Morgan fingerprint density at radius 2 is 1.37 bits per heavy atom. The van der Waals surface area contributed by atoms with Crippen LogP contribution in [0.15, 0.2) is 102 Å². The van der Waals surface area contributed by atoms with Crippen LogP contribution in [-0.2, 0) is 37.4 Å². The molecule has 4 aromatic carbocycles. The van der Waals surface area contributed by atoms with Crippen molar-refractivity contribution < 1.29 is 32.5 Å². The van der Waals surface area contributed by atoms with Crippen molar-refractivity contribution in [3.63, 3.8) is 0 Å². The van der Waals surface area contributed by atoms with Crippen molar-refractivity contribution in [3.8, 4) is 5.75 Å². The van der Waals surface area contributed by atoms with E-state index in [1.807, 2.05) is 132 Å². The number of aliphatic hydroxyl groups excluding tert-OH is 1.